The van der Waals surface area contributed by atoms with E-state index >= 15 is 0 Å². The number of methoxy groups -OCH3 is 1. The van der Waals surface area contributed by atoms with Crippen molar-refractivity contribution in [3.05, 3.63) is 136 Å². The number of amides is 1. The number of aliphatic hydroxyl groups is 1. The number of ether oxygens (including phenoxy) is 1. The average Bonchev–Trinajstić information content (AvgIpc) is 3.17. The lowest BCUT2D eigenvalue weighted by atomic mass is 9.99. The van der Waals surface area contributed by atoms with Gasteiger partial charge in [0.15, 0.2) is 11.6 Å². The molecular weight excluding hydrogens is 698 g/mol. The number of carbonyl (C=O) groups is 1. The fraction of sp³-hybridized carbons (Fsp3) is 0.325. The molecule has 12 heteroatoms. The molecule has 4 aromatic carbocycles. The third kappa shape index (κ3) is 8.86. The van der Waals surface area contributed by atoms with Crippen molar-refractivity contribution >= 4 is 23.4 Å². The summed E-state index contributed by atoms with van der Waals surface area (Å²) in [6, 6.07) is 19.4. The Hall–Kier alpha value is -4.23. The van der Waals surface area contributed by atoms with Gasteiger partial charge < -0.3 is 24.5 Å². The van der Waals surface area contributed by atoms with Crippen LogP contribution in [0.3, 0.4) is 0 Å². The molecule has 0 saturated carbocycles. The van der Waals surface area contributed by atoms with Crippen molar-refractivity contribution in [2.45, 2.75) is 43.4 Å². The number of aliphatic hydroxyl groups excluding tert-OH is 1. The Morgan fingerprint density at radius 3 is 2.37 bits per heavy atom. The van der Waals surface area contributed by atoms with E-state index in [-0.39, 0.29) is 60.5 Å². The number of likely N-dealkylation sites (tertiary alicyclic amines) is 1. The van der Waals surface area contributed by atoms with Gasteiger partial charge in [0.1, 0.15) is 12.6 Å². The fourth-order valence-corrected chi connectivity index (χ4v) is 6.94. The van der Waals surface area contributed by atoms with Gasteiger partial charge >= 0.3 is 6.18 Å². The van der Waals surface area contributed by atoms with Crippen LogP contribution in [-0.4, -0.2) is 66.6 Å². The number of benzene rings is 4. The van der Waals surface area contributed by atoms with E-state index in [9.17, 15) is 34.6 Å². The summed E-state index contributed by atoms with van der Waals surface area (Å²) in [6.45, 7) is -5.91. The van der Waals surface area contributed by atoms with Gasteiger partial charge in [-0.05, 0) is 59.9 Å². The number of anilines is 1. The van der Waals surface area contributed by atoms with Crippen LogP contribution >= 0.6 is 11.8 Å². The number of thioether (sulfide) groups is 1. The third-order valence-electron chi connectivity index (χ3n) is 8.91. The van der Waals surface area contributed by atoms with Gasteiger partial charge in [-0.15, -0.1) is 11.8 Å². The van der Waals surface area contributed by atoms with Gasteiger partial charge in [0.25, 0.3) is 0 Å². The minimum atomic E-state index is -4.52. The first-order valence-corrected chi connectivity index (χ1v) is 17.1. The van der Waals surface area contributed by atoms with Gasteiger partial charge in [-0.25, -0.2) is 8.78 Å². The average molecular weight is 747 g/mol. The molecule has 0 radical (unpaired) electrons. The summed E-state index contributed by atoms with van der Waals surface area (Å²) in [5.41, 5.74) is -2.54. The zero-order valence-corrected chi connectivity index (χ0v) is 28.4. The van der Waals surface area contributed by atoms with Crippen molar-refractivity contribution in [1.82, 2.24) is 9.80 Å². The lowest BCUT2D eigenvalue weighted by molar-refractivity contribution is -0.137. The molecule has 0 bridgehead atoms. The Balaban J connectivity index is 1.34. The molecule has 1 fully saturated rings. The molecule has 0 aromatic heterocycles. The lowest BCUT2D eigenvalue weighted by Gasteiger charge is -2.40. The number of rotatable bonds is 12. The molecule has 2 aliphatic rings. The Kier molecular flexibility index (Phi) is 8.76. The van der Waals surface area contributed by atoms with Crippen LogP contribution in [0, 0.1) is 11.6 Å². The first kappa shape index (κ1) is 27.4. The maximum absolute atomic E-state index is 15.0. The quantitative estimate of drug-likeness (QED) is 0.147. The van der Waals surface area contributed by atoms with E-state index in [1.165, 1.54) is 35.2 Å². The van der Waals surface area contributed by atoms with E-state index in [1.54, 1.807) is 35.2 Å². The van der Waals surface area contributed by atoms with Crippen LogP contribution in [-0.2, 0) is 28.0 Å². The van der Waals surface area contributed by atoms with E-state index < -0.39 is 79.3 Å². The number of carbonyl (C=O) groups excluding carboxylic acids is 1. The zero-order valence-electron chi connectivity index (χ0n) is 36.5. The molecule has 6 nitrogen and oxygen atoms in total. The lowest BCUT2D eigenvalue weighted by Crippen LogP contribution is -2.50. The van der Waals surface area contributed by atoms with Crippen LogP contribution in [0.1, 0.15) is 53.5 Å². The van der Waals surface area contributed by atoms with Crippen LogP contribution in [0.25, 0.3) is 11.1 Å². The van der Waals surface area contributed by atoms with E-state index in [2.05, 4.69) is 4.74 Å². The summed E-state index contributed by atoms with van der Waals surface area (Å²) in [4.78, 5) is 18.8. The molecule has 52 heavy (non-hydrogen) atoms. The molecule has 6 rings (SSSR count). The minimum Gasteiger partial charge on any atom is -0.384 e. The summed E-state index contributed by atoms with van der Waals surface area (Å²) < 4.78 is 148. The predicted octanol–water partition coefficient (Wildman–Crippen LogP) is 8.42. The summed E-state index contributed by atoms with van der Waals surface area (Å²) in [6.07, 6.45) is -4.47. The van der Waals surface area contributed by atoms with E-state index in [1.807, 2.05) is 0 Å². The van der Waals surface area contributed by atoms with Crippen molar-refractivity contribution in [2.75, 3.05) is 44.6 Å². The summed E-state index contributed by atoms with van der Waals surface area (Å²) in [7, 11) is -3.00. The fourth-order valence-electron chi connectivity index (χ4n) is 6.13. The smallest absolute Gasteiger partial charge is 0.384 e. The molecule has 1 atom stereocenters. The second-order valence-electron chi connectivity index (χ2n) is 12.2. The Morgan fingerprint density at radius 2 is 1.67 bits per heavy atom. The Bertz CT molecular complexity index is 2240. The number of para-hydroxylation sites is 1. The molecule has 2 heterocycles. The van der Waals surface area contributed by atoms with Crippen molar-refractivity contribution in [3.8, 4) is 11.1 Å². The summed E-state index contributed by atoms with van der Waals surface area (Å²) in [5.74, 6) is -3.89. The van der Waals surface area contributed by atoms with Gasteiger partial charge in [0.05, 0.1) is 26.7 Å². The van der Waals surface area contributed by atoms with Crippen LogP contribution in [0.2, 0.25) is 0 Å². The molecule has 2 aliphatic heterocycles. The maximum atomic E-state index is 15.0. The molecule has 1 amide bonds. The van der Waals surface area contributed by atoms with Crippen LogP contribution in [0.15, 0.2) is 102 Å². The standard InChI is InChI=1S/C40H40F5N3O3S/c1-51-22-21-46-19-17-32(18-20-46)47(24-27-9-11-28(12-10-27)29-13-15-31(16-14-29)40(43,44)45)37(50)25-48-35-8-3-2-6-33(35)36(49)23-38(48)52-26-30-5-4-7-34(41)39(30)42/h2-16,23,32,36,49H,17-22,24-26H2,1H3/i1D3,22D2,25D2,26D2. The topological polar surface area (TPSA) is 56.2 Å². The maximum Gasteiger partial charge on any atom is 0.416 e. The molecule has 1 unspecified atom stereocenters. The predicted molar refractivity (Wildman–Crippen MR) is 193 cm³/mol. The first-order valence-electron chi connectivity index (χ1n) is 20.8. The van der Waals surface area contributed by atoms with Crippen LogP contribution in [0.4, 0.5) is 27.6 Å². The highest BCUT2D eigenvalue weighted by Crippen LogP contribution is 2.41. The van der Waals surface area contributed by atoms with Crippen molar-refractivity contribution in [3.63, 3.8) is 0 Å². The van der Waals surface area contributed by atoms with E-state index in [0.717, 1.165) is 41.3 Å². The number of piperidine rings is 1. The van der Waals surface area contributed by atoms with Gasteiger partial charge in [0.2, 0.25) is 5.91 Å². The first-order chi connectivity index (χ1) is 28.4. The van der Waals surface area contributed by atoms with Crippen molar-refractivity contribution in [1.29, 1.82) is 0 Å². The van der Waals surface area contributed by atoms with Crippen molar-refractivity contribution in [2.24, 2.45) is 0 Å². The number of fused-ring (bicyclic) bond motifs is 1. The molecule has 1 saturated heterocycles. The third-order valence-corrected chi connectivity index (χ3v) is 9.76. The van der Waals surface area contributed by atoms with Crippen LogP contribution < -0.4 is 4.90 Å². The summed E-state index contributed by atoms with van der Waals surface area (Å²) in [5, 5.41) is 10.8. The van der Waals surface area contributed by atoms with Crippen molar-refractivity contribution < 1.29 is 48.9 Å². The minimum absolute atomic E-state index is 0.000941. The molecular formula is C40H40F5N3O3S. The Morgan fingerprint density at radius 1 is 0.981 bits per heavy atom. The van der Waals surface area contributed by atoms with Gasteiger partial charge in [0, 0.05) is 64.5 Å². The van der Waals surface area contributed by atoms with Gasteiger partial charge in [-0.3, -0.25) is 4.79 Å². The second-order valence-corrected chi connectivity index (χ2v) is 13.0. The number of nitrogens with zero attached hydrogens (tertiary/aromatic N) is 3. The highest BCUT2D eigenvalue weighted by Gasteiger charge is 2.33. The molecule has 274 valence electrons. The largest absolute Gasteiger partial charge is 0.416 e. The number of halogens is 5. The molecule has 0 spiro atoms. The molecule has 4 aromatic rings. The van der Waals surface area contributed by atoms with Gasteiger partial charge in [-0.1, -0.05) is 66.7 Å². The van der Waals surface area contributed by atoms with Crippen LogP contribution in [0.5, 0.6) is 0 Å². The molecule has 1 N–H and O–H groups in total. The summed E-state index contributed by atoms with van der Waals surface area (Å²) >= 11 is 0.267. The SMILES string of the molecule is [2H]C([2H])([2H])OC([2H])([2H])CN1CCC(N(Cc2ccc(-c3ccc(C(F)(F)F)cc3)cc2)C(=O)C([2H])([2H])N2C(SC([2H])([2H])c3cccc(F)c3F)=CC(O)c3ccccc32)CC1. The van der Waals surface area contributed by atoms with E-state index in [4.69, 9.17) is 9.60 Å². The molecule has 0 aliphatic carbocycles. The zero-order chi connectivity index (χ0) is 44.7. The number of hydrogen-bond donors (Lipinski definition) is 1. The van der Waals surface area contributed by atoms with Gasteiger partial charge in [-0.2, -0.15) is 13.2 Å². The highest BCUT2D eigenvalue weighted by atomic mass is 32.2. The second kappa shape index (κ2) is 16.6. The Labute approximate surface area is 317 Å². The monoisotopic (exact) mass is 746 g/mol. The number of hydrogen-bond acceptors (Lipinski definition) is 6. The number of alkyl halides is 3. The van der Waals surface area contributed by atoms with E-state index in [0.29, 0.717) is 16.7 Å². The highest BCUT2D eigenvalue weighted by molar-refractivity contribution is 8.02. The normalized spacial score (nSPS) is 20.4.